The van der Waals surface area contributed by atoms with Crippen LogP contribution in [0.2, 0.25) is 0 Å². The summed E-state index contributed by atoms with van der Waals surface area (Å²) in [4.78, 5) is 27.7. The second-order valence-electron chi connectivity index (χ2n) is 8.95. The molecule has 4 aromatic rings. The van der Waals surface area contributed by atoms with Gasteiger partial charge in [0.2, 0.25) is 5.89 Å². The monoisotopic (exact) mass is 453 g/mol. The number of hydrogen-bond acceptors (Lipinski definition) is 7. The fraction of sp³-hybridized carbons (Fsp3) is 0.409. The molecule has 1 saturated carbocycles. The van der Waals surface area contributed by atoms with Crippen molar-refractivity contribution >= 4 is 16.9 Å². The Kier molecular flexibility index (Phi) is 4.20. The van der Waals surface area contributed by atoms with Gasteiger partial charge in [-0.05, 0) is 24.0 Å². The van der Waals surface area contributed by atoms with Gasteiger partial charge in [-0.25, -0.2) is 18.7 Å². The zero-order valence-electron chi connectivity index (χ0n) is 18.0. The maximum absolute atomic E-state index is 13.7. The van der Waals surface area contributed by atoms with Crippen LogP contribution in [-0.4, -0.2) is 42.3 Å². The second-order valence-corrected chi connectivity index (χ2v) is 8.95. The first kappa shape index (κ1) is 20.0. The van der Waals surface area contributed by atoms with Crippen molar-refractivity contribution in [1.29, 1.82) is 0 Å². The molecule has 0 spiro atoms. The molecule has 4 heterocycles. The van der Waals surface area contributed by atoms with Crippen LogP contribution in [0.4, 0.5) is 14.5 Å². The van der Waals surface area contributed by atoms with Crippen LogP contribution in [0.1, 0.15) is 30.1 Å². The molecule has 2 fully saturated rings. The van der Waals surface area contributed by atoms with E-state index in [0.717, 1.165) is 25.7 Å². The van der Waals surface area contributed by atoms with Crippen LogP contribution in [0.5, 0.6) is 0 Å². The fourth-order valence-corrected chi connectivity index (χ4v) is 4.89. The molecular weight excluding hydrogens is 432 g/mol. The standard InChI is InChI=1S/C22H21F2N7O2/c1-22(23,24)12-4-3-5-13(6-12)30-7-14-15(8-30)17(14)19-27-16(33-28-19)9-31-11-26-20-18(21(31)32)29(2)10-25-20/h3-6,10-11,14-15,17H,7-9H2,1-2H3. The van der Waals surface area contributed by atoms with E-state index in [2.05, 4.69) is 25.0 Å². The lowest BCUT2D eigenvalue weighted by Gasteiger charge is -2.23. The van der Waals surface area contributed by atoms with Gasteiger partial charge in [0.1, 0.15) is 12.9 Å². The minimum atomic E-state index is -2.86. The largest absolute Gasteiger partial charge is 0.371 e. The molecule has 0 radical (unpaired) electrons. The van der Waals surface area contributed by atoms with Crippen molar-refractivity contribution in [2.75, 3.05) is 18.0 Å². The van der Waals surface area contributed by atoms with Crippen molar-refractivity contribution < 1.29 is 13.3 Å². The van der Waals surface area contributed by atoms with Gasteiger partial charge < -0.3 is 14.0 Å². The van der Waals surface area contributed by atoms with Gasteiger partial charge in [-0.2, -0.15) is 4.98 Å². The van der Waals surface area contributed by atoms with E-state index >= 15 is 0 Å². The highest BCUT2D eigenvalue weighted by atomic mass is 19.3. The van der Waals surface area contributed by atoms with Crippen LogP contribution in [-0.2, 0) is 19.5 Å². The summed E-state index contributed by atoms with van der Waals surface area (Å²) < 4.78 is 35.8. The summed E-state index contributed by atoms with van der Waals surface area (Å²) in [7, 11) is 1.74. The smallest absolute Gasteiger partial charge is 0.280 e. The van der Waals surface area contributed by atoms with Gasteiger partial charge in [0.05, 0.1) is 6.33 Å². The summed E-state index contributed by atoms with van der Waals surface area (Å²) in [5.41, 5.74) is 1.42. The summed E-state index contributed by atoms with van der Waals surface area (Å²) in [6.45, 7) is 2.57. The molecule has 2 unspecified atom stereocenters. The van der Waals surface area contributed by atoms with E-state index in [1.54, 1.807) is 30.1 Å². The van der Waals surface area contributed by atoms with Crippen molar-refractivity contribution in [2.45, 2.75) is 25.3 Å². The number of halogens is 2. The summed E-state index contributed by atoms with van der Waals surface area (Å²) in [5, 5.41) is 4.14. The Morgan fingerprint density at radius 1 is 1.18 bits per heavy atom. The lowest BCUT2D eigenvalue weighted by Crippen LogP contribution is -2.24. The molecule has 0 amide bonds. The number of alkyl halides is 2. The summed E-state index contributed by atoms with van der Waals surface area (Å²) >= 11 is 0. The molecule has 6 rings (SSSR count). The van der Waals surface area contributed by atoms with Gasteiger partial charge in [-0.15, -0.1) is 0 Å². The number of piperidine rings is 1. The fourth-order valence-electron chi connectivity index (χ4n) is 4.89. The minimum absolute atomic E-state index is 0.0222. The Hall–Kier alpha value is -3.63. The molecule has 2 aliphatic rings. The van der Waals surface area contributed by atoms with Crippen LogP contribution >= 0.6 is 0 Å². The van der Waals surface area contributed by atoms with E-state index in [1.807, 2.05) is 6.07 Å². The first-order valence-electron chi connectivity index (χ1n) is 10.7. The molecule has 9 nitrogen and oxygen atoms in total. The molecule has 1 aliphatic heterocycles. The van der Waals surface area contributed by atoms with Crippen molar-refractivity contribution in [3.8, 4) is 0 Å². The molecule has 2 atom stereocenters. The van der Waals surface area contributed by atoms with Gasteiger partial charge >= 0.3 is 0 Å². The van der Waals surface area contributed by atoms with E-state index < -0.39 is 5.92 Å². The van der Waals surface area contributed by atoms with Crippen molar-refractivity contribution in [3.05, 3.63) is 64.6 Å². The predicted octanol–water partition coefficient (Wildman–Crippen LogP) is 2.52. The van der Waals surface area contributed by atoms with E-state index in [9.17, 15) is 13.6 Å². The van der Waals surface area contributed by atoms with Crippen LogP contribution < -0.4 is 10.5 Å². The molecule has 1 saturated heterocycles. The third-order valence-electron chi connectivity index (χ3n) is 6.70. The second kappa shape index (κ2) is 6.93. The SMILES string of the molecule is Cn1cnc2ncn(Cc3nc(C4C5CN(c6cccc(C(C)(F)F)c6)CC54)no3)c(=O)c21. The number of aryl methyl sites for hydroxylation is 1. The Bertz CT molecular complexity index is 1410. The van der Waals surface area contributed by atoms with Gasteiger partial charge in [-0.1, -0.05) is 17.3 Å². The summed E-state index contributed by atoms with van der Waals surface area (Å²) in [6.07, 6.45) is 2.98. The summed E-state index contributed by atoms with van der Waals surface area (Å²) in [6, 6.07) is 6.56. The molecule has 0 N–H and O–H groups in total. The molecule has 11 heteroatoms. The molecular formula is C22H21F2N7O2. The first-order valence-corrected chi connectivity index (χ1v) is 10.7. The van der Waals surface area contributed by atoms with Gasteiger partial charge in [0, 0.05) is 44.2 Å². The van der Waals surface area contributed by atoms with Crippen LogP contribution in [0.15, 0.2) is 46.2 Å². The lowest BCUT2D eigenvalue weighted by molar-refractivity contribution is 0.0175. The molecule has 0 bridgehead atoms. The van der Waals surface area contributed by atoms with E-state index in [4.69, 9.17) is 4.52 Å². The van der Waals surface area contributed by atoms with Crippen LogP contribution in [0.3, 0.4) is 0 Å². The third kappa shape index (κ3) is 3.30. The number of benzene rings is 1. The maximum Gasteiger partial charge on any atom is 0.280 e. The Morgan fingerprint density at radius 3 is 2.70 bits per heavy atom. The average Bonchev–Trinajstić information content (AvgIpc) is 3.20. The number of rotatable bonds is 5. The molecule has 33 heavy (non-hydrogen) atoms. The maximum atomic E-state index is 13.7. The van der Waals surface area contributed by atoms with Crippen LogP contribution in [0, 0.1) is 11.8 Å². The van der Waals surface area contributed by atoms with Gasteiger partial charge in [0.25, 0.3) is 11.5 Å². The normalized spacial score (nSPS) is 22.2. The molecule has 3 aromatic heterocycles. The third-order valence-corrected chi connectivity index (χ3v) is 6.70. The highest BCUT2D eigenvalue weighted by Crippen LogP contribution is 2.58. The van der Waals surface area contributed by atoms with Gasteiger partial charge in [0.15, 0.2) is 17.0 Å². The predicted molar refractivity (Wildman–Crippen MR) is 114 cm³/mol. The number of aromatic nitrogens is 6. The lowest BCUT2D eigenvalue weighted by atomic mass is 10.1. The number of anilines is 1. The summed E-state index contributed by atoms with van der Waals surface area (Å²) in [5.74, 6) is -0.982. The van der Waals surface area contributed by atoms with Crippen molar-refractivity contribution in [2.24, 2.45) is 18.9 Å². The average molecular weight is 453 g/mol. The number of hydrogen-bond donors (Lipinski definition) is 0. The molecule has 1 aliphatic carbocycles. The Balaban J connectivity index is 1.15. The zero-order valence-corrected chi connectivity index (χ0v) is 18.0. The topological polar surface area (TPSA) is 94.9 Å². The minimum Gasteiger partial charge on any atom is -0.371 e. The van der Waals surface area contributed by atoms with Crippen LogP contribution in [0.25, 0.3) is 11.2 Å². The van der Waals surface area contributed by atoms with Gasteiger partial charge in [-0.3, -0.25) is 9.36 Å². The zero-order chi connectivity index (χ0) is 22.9. The Labute approximate surface area is 186 Å². The Morgan fingerprint density at radius 2 is 1.94 bits per heavy atom. The van der Waals surface area contributed by atoms with Crippen molar-refractivity contribution in [3.63, 3.8) is 0 Å². The van der Waals surface area contributed by atoms with Crippen molar-refractivity contribution in [1.82, 2.24) is 29.2 Å². The highest BCUT2D eigenvalue weighted by molar-refractivity contribution is 5.68. The number of imidazole rings is 1. The van der Waals surface area contributed by atoms with E-state index in [1.165, 1.54) is 17.0 Å². The van der Waals surface area contributed by atoms with E-state index in [0.29, 0.717) is 34.7 Å². The molecule has 1 aromatic carbocycles. The number of fused-ring (bicyclic) bond motifs is 2. The quantitative estimate of drug-likeness (QED) is 0.458. The number of nitrogens with zero attached hydrogens (tertiary/aromatic N) is 7. The highest BCUT2D eigenvalue weighted by Gasteiger charge is 2.58. The molecule has 170 valence electrons. The first-order chi connectivity index (χ1) is 15.8. The van der Waals surface area contributed by atoms with E-state index in [-0.39, 0.29) is 23.6 Å².